The van der Waals surface area contributed by atoms with Crippen LogP contribution in [0.5, 0.6) is 0 Å². The number of imide groups is 1. The van der Waals surface area contributed by atoms with Crippen molar-refractivity contribution in [1.82, 2.24) is 20.7 Å². The van der Waals surface area contributed by atoms with E-state index in [0.717, 1.165) is 15.9 Å². The van der Waals surface area contributed by atoms with Gasteiger partial charge >= 0.3 is 6.03 Å². The molecule has 25 heavy (non-hydrogen) atoms. The van der Waals surface area contributed by atoms with E-state index in [4.69, 9.17) is 0 Å². The monoisotopic (exact) mass is 358 g/mol. The number of nitrogens with one attached hydrogen (secondary N) is 2. The van der Waals surface area contributed by atoms with Crippen LogP contribution in [0, 0.1) is 0 Å². The normalized spacial score (nSPS) is 20.0. The molecular weight excluding hydrogens is 340 g/mol. The fourth-order valence-electron chi connectivity index (χ4n) is 2.45. The highest BCUT2D eigenvalue weighted by molar-refractivity contribution is 7.99. The number of fused-ring (bicyclic) bond motifs is 1. The Morgan fingerprint density at radius 3 is 2.76 bits per heavy atom. The number of thioether (sulfide) groups is 1. The van der Waals surface area contributed by atoms with E-state index < -0.39 is 23.4 Å². The van der Waals surface area contributed by atoms with Crippen LogP contribution in [0.15, 0.2) is 41.4 Å². The third-order valence-electron chi connectivity index (χ3n) is 4.13. The molecule has 1 aromatic carbocycles. The van der Waals surface area contributed by atoms with Gasteiger partial charge in [-0.25, -0.2) is 9.78 Å². The van der Waals surface area contributed by atoms with Gasteiger partial charge in [0.15, 0.2) is 0 Å². The largest absolute Gasteiger partial charge is 0.344 e. The van der Waals surface area contributed by atoms with Gasteiger partial charge in [-0.05, 0) is 25.5 Å². The molecule has 130 valence electrons. The molecule has 2 aromatic rings. The fourth-order valence-corrected chi connectivity index (χ4v) is 3.12. The third kappa shape index (κ3) is 3.43. The van der Waals surface area contributed by atoms with Crippen LogP contribution in [0.1, 0.15) is 20.3 Å². The number of carbonyl (C=O) groups is 3. The Morgan fingerprint density at radius 2 is 2.04 bits per heavy atom. The summed E-state index contributed by atoms with van der Waals surface area (Å²) in [5, 5.41) is 5.05. The van der Waals surface area contributed by atoms with Gasteiger partial charge in [-0.3, -0.25) is 15.0 Å². The molecule has 1 aliphatic heterocycles. The Hall–Kier alpha value is -2.61. The van der Waals surface area contributed by atoms with Gasteiger partial charge in [0.05, 0.1) is 16.3 Å². The van der Waals surface area contributed by atoms with Gasteiger partial charge in [-0.2, -0.15) is 5.01 Å². The van der Waals surface area contributed by atoms with Gasteiger partial charge in [0.1, 0.15) is 5.54 Å². The predicted octanol–water partition coefficient (Wildman–Crippen LogP) is 2.08. The van der Waals surface area contributed by atoms with Crippen LogP contribution >= 0.6 is 11.8 Å². The number of carbonyl (C=O) groups excluding carboxylic acids is 3. The highest BCUT2D eigenvalue weighted by Gasteiger charge is 2.47. The molecule has 1 fully saturated rings. The van der Waals surface area contributed by atoms with Gasteiger partial charge in [-0.1, -0.05) is 43.0 Å². The van der Waals surface area contributed by atoms with Crippen molar-refractivity contribution in [3.63, 3.8) is 0 Å². The molecule has 7 nitrogen and oxygen atoms in total. The topological polar surface area (TPSA) is 91.4 Å². The van der Waals surface area contributed by atoms with E-state index in [1.165, 1.54) is 11.8 Å². The average Bonchev–Trinajstić information content (AvgIpc) is 2.83. The number of hydrogen-bond acceptors (Lipinski definition) is 5. The van der Waals surface area contributed by atoms with Crippen LogP contribution in [-0.4, -0.2) is 39.1 Å². The van der Waals surface area contributed by atoms with Crippen molar-refractivity contribution in [1.29, 1.82) is 0 Å². The van der Waals surface area contributed by atoms with Gasteiger partial charge in [-0.15, -0.1) is 0 Å². The van der Waals surface area contributed by atoms with Crippen molar-refractivity contribution in [2.75, 3.05) is 5.75 Å². The second-order valence-corrected chi connectivity index (χ2v) is 6.92. The summed E-state index contributed by atoms with van der Waals surface area (Å²) in [6.07, 6.45) is 0.444. The van der Waals surface area contributed by atoms with Crippen molar-refractivity contribution in [3.05, 3.63) is 36.4 Å². The summed E-state index contributed by atoms with van der Waals surface area (Å²) >= 11 is 1.24. The summed E-state index contributed by atoms with van der Waals surface area (Å²) < 4.78 is 0. The summed E-state index contributed by atoms with van der Waals surface area (Å²) in [5.41, 5.74) is 2.23. The number of benzene rings is 1. The van der Waals surface area contributed by atoms with Crippen LogP contribution in [0.25, 0.3) is 10.9 Å². The van der Waals surface area contributed by atoms with Crippen LogP contribution in [0.3, 0.4) is 0 Å². The van der Waals surface area contributed by atoms with Gasteiger partial charge < -0.3 is 5.32 Å². The zero-order valence-electron chi connectivity index (χ0n) is 13.9. The van der Waals surface area contributed by atoms with Crippen LogP contribution in [0.4, 0.5) is 4.79 Å². The third-order valence-corrected chi connectivity index (χ3v) is 5.06. The van der Waals surface area contributed by atoms with E-state index in [9.17, 15) is 14.4 Å². The molecule has 0 bridgehead atoms. The fraction of sp³-hybridized carbons (Fsp3) is 0.294. The first-order valence-electron chi connectivity index (χ1n) is 7.88. The molecule has 1 saturated heterocycles. The number of pyridine rings is 1. The number of rotatable bonds is 5. The number of hydrazine groups is 1. The highest BCUT2D eigenvalue weighted by Crippen LogP contribution is 2.21. The molecule has 1 aliphatic rings. The lowest BCUT2D eigenvalue weighted by molar-refractivity contribution is -0.137. The van der Waals surface area contributed by atoms with E-state index >= 15 is 0 Å². The second-order valence-electron chi connectivity index (χ2n) is 5.92. The molecule has 3 rings (SSSR count). The maximum Gasteiger partial charge on any atom is 0.344 e. The Kier molecular flexibility index (Phi) is 4.63. The zero-order valence-corrected chi connectivity index (χ0v) is 14.7. The zero-order chi connectivity index (χ0) is 18.0. The molecular formula is C17H18N4O3S. The molecule has 1 aromatic heterocycles. The number of urea groups is 1. The van der Waals surface area contributed by atoms with Crippen molar-refractivity contribution in [3.8, 4) is 0 Å². The van der Waals surface area contributed by atoms with E-state index in [1.54, 1.807) is 13.8 Å². The molecule has 4 amide bonds. The summed E-state index contributed by atoms with van der Waals surface area (Å²) in [4.78, 5) is 40.7. The molecule has 0 saturated carbocycles. The van der Waals surface area contributed by atoms with Crippen LogP contribution < -0.4 is 10.7 Å². The first-order chi connectivity index (χ1) is 11.9. The molecule has 1 atom stereocenters. The van der Waals surface area contributed by atoms with Crippen LogP contribution in [-0.2, 0) is 9.59 Å². The number of amides is 4. The van der Waals surface area contributed by atoms with E-state index in [0.29, 0.717) is 11.4 Å². The predicted molar refractivity (Wildman–Crippen MR) is 94.7 cm³/mol. The SMILES string of the molecule is CC[C@@]1(C)NC(=O)N(NC(=O)CSc2ccc3ccccc3n2)C1=O. The van der Waals surface area contributed by atoms with Crippen molar-refractivity contribution in [2.24, 2.45) is 0 Å². The quantitative estimate of drug-likeness (QED) is 0.631. The maximum atomic E-state index is 12.2. The molecule has 8 heteroatoms. The first-order valence-corrected chi connectivity index (χ1v) is 8.86. The van der Waals surface area contributed by atoms with E-state index in [-0.39, 0.29) is 5.75 Å². The van der Waals surface area contributed by atoms with Crippen molar-refractivity contribution < 1.29 is 14.4 Å². The number of aromatic nitrogens is 1. The Labute approximate surface area is 149 Å². The summed E-state index contributed by atoms with van der Waals surface area (Å²) in [5.74, 6) is -0.850. The minimum absolute atomic E-state index is 0.0469. The number of nitrogens with zero attached hydrogens (tertiary/aromatic N) is 2. The molecule has 0 spiro atoms. The molecule has 2 heterocycles. The molecule has 0 unspecified atom stereocenters. The average molecular weight is 358 g/mol. The van der Waals surface area contributed by atoms with Crippen LogP contribution in [0.2, 0.25) is 0 Å². The second kappa shape index (κ2) is 6.72. The Morgan fingerprint density at radius 1 is 1.28 bits per heavy atom. The minimum Gasteiger partial charge on any atom is -0.322 e. The summed E-state index contributed by atoms with van der Waals surface area (Å²) in [6, 6.07) is 10.9. The first kappa shape index (κ1) is 17.2. The van der Waals surface area contributed by atoms with Gasteiger partial charge in [0.2, 0.25) is 5.91 Å². The number of hydrogen-bond donors (Lipinski definition) is 2. The lowest BCUT2D eigenvalue weighted by atomic mass is 10.00. The minimum atomic E-state index is -0.975. The van der Waals surface area contributed by atoms with Crippen molar-refractivity contribution in [2.45, 2.75) is 30.8 Å². The molecule has 0 aliphatic carbocycles. The lowest BCUT2D eigenvalue weighted by Crippen LogP contribution is -2.49. The van der Waals surface area contributed by atoms with E-state index in [1.807, 2.05) is 36.4 Å². The molecule has 0 radical (unpaired) electrons. The summed E-state index contributed by atoms with van der Waals surface area (Å²) in [7, 11) is 0. The van der Waals surface area contributed by atoms with Gasteiger partial charge in [0.25, 0.3) is 5.91 Å². The summed E-state index contributed by atoms with van der Waals surface area (Å²) in [6.45, 7) is 3.43. The number of para-hydroxylation sites is 1. The van der Waals surface area contributed by atoms with Crippen molar-refractivity contribution >= 4 is 40.5 Å². The standard InChI is InChI=1S/C17H18N4O3S/c1-3-17(2)15(23)21(16(24)19-17)20-13(22)10-25-14-9-8-11-6-4-5-7-12(11)18-14/h4-9H,3,10H2,1-2H3,(H,19,24)(H,20,22)/t17-/m1/s1. The maximum absolute atomic E-state index is 12.2. The Bertz CT molecular complexity index is 857. The smallest absolute Gasteiger partial charge is 0.322 e. The lowest BCUT2D eigenvalue weighted by Gasteiger charge is -2.19. The molecule has 2 N–H and O–H groups in total. The Balaban J connectivity index is 1.61. The van der Waals surface area contributed by atoms with Gasteiger partial charge in [0, 0.05) is 5.39 Å². The highest BCUT2D eigenvalue weighted by atomic mass is 32.2. The van der Waals surface area contributed by atoms with E-state index in [2.05, 4.69) is 15.7 Å².